The fourth-order valence-corrected chi connectivity index (χ4v) is 2.16. The molecule has 0 saturated carbocycles. The Bertz CT molecular complexity index is 389. The first-order chi connectivity index (χ1) is 7.54. The van der Waals surface area contributed by atoms with E-state index in [0.29, 0.717) is 9.95 Å². The Morgan fingerprint density at radius 2 is 2.00 bits per heavy atom. The van der Waals surface area contributed by atoms with Gasteiger partial charge >= 0.3 is 5.97 Å². The maximum absolute atomic E-state index is 10.4. The van der Waals surface area contributed by atoms with Gasteiger partial charge in [0.1, 0.15) is 0 Å². The second-order valence-corrected chi connectivity index (χ2v) is 5.02. The van der Waals surface area contributed by atoms with Gasteiger partial charge in [0, 0.05) is 5.75 Å². The fraction of sp³-hybridized carbons (Fsp3) is 0.200. The molecular weight excluding hydrogens is 264 g/mol. The molecule has 3 nitrogen and oxygen atoms in total. The van der Waals surface area contributed by atoms with Gasteiger partial charge in [-0.3, -0.25) is 0 Å². The molecule has 16 heavy (non-hydrogen) atoms. The third-order valence-electron chi connectivity index (χ3n) is 1.80. The van der Waals surface area contributed by atoms with Gasteiger partial charge in [-0.15, -0.1) is 0 Å². The largest absolute Gasteiger partial charge is 0.479 e. The van der Waals surface area contributed by atoms with Gasteiger partial charge < -0.3 is 10.2 Å². The molecule has 1 atom stereocenters. The molecule has 0 heterocycles. The Kier molecular flexibility index (Phi) is 5.27. The minimum absolute atomic E-state index is 0.362. The molecule has 1 unspecified atom stereocenters. The molecule has 0 spiro atoms. The first kappa shape index (κ1) is 13.5. The number of carbonyl (C=O) groups is 1. The standard InChI is InChI=1S/C10H10O3S3/c11-8(12)9(13)16-10(15)7-3-1-6(5-14)2-4-7/h1-4,9,13-14H,5H2,(H,11,12). The van der Waals surface area contributed by atoms with Crippen molar-refractivity contribution in [3.63, 3.8) is 0 Å². The lowest BCUT2D eigenvalue weighted by Gasteiger charge is -2.07. The number of carboxylic acids is 1. The van der Waals surface area contributed by atoms with E-state index in [9.17, 15) is 4.79 Å². The smallest absolute Gasteiger partial charge is 0.343 e. The molecule has 0 aliphatic heterocycles. The van der Waals surface area contributed by atoms with Crippen molar-refractivity contribution in [3.05, 3.63) is 35.4 Å². The Morgan fingerprint density at radius 3 is 2.44 bits per heavy atom. The highest BCUT2D eigenvalue weighted by molar-refractivity contribution is 8.24. The van der Waals surface area contributed by atoms with E-state index in [2.05, 4.69) is 12.6 Å². The van der Waals surface area contributed by atoms with E-state index in [4.69, 9.17) is 22.4 Å². The maximum atomic E-state index is 10.4. The number of hydrogen-bond acceptors (Lipinski definition) is 5. The van der Waals surface area contributed by atoms with Crippen LogP contribution in [-0.2, 0) is 10.5 Å². The molecule has 1 aromatic rings. The predicted octanol–water partition coefficient (Wildman–Crippen LogP) is 1.93. The highest BCUT2D eigenvalue weighted by Gasteiger charge is 2.16. The summed E-state index contributed by atoms with van der Waals surface area (Å²) < 4.78 is 0.362. The summed E-state index contributed by atoms with van der Waals surface area (Å²) >= 11 is 9.88. The van der Waals surface area contributed by atoms with Crippen molar-refractivity contribution in [2.75, 3.05) is 0 Å². The van der Waals surface area contributed by atoms with E-state index in [1.165, 1.54) is 0 Å². The topological polar surface area (TPSA) is 57.5 Å². The van der Waals surface area contributed by atoms with E-state index in [1.807, 2.05) is 12.1 Å². The third-order valence-corrected chi connectivity index (χ3v) is 3.57. The second kappa shape index (κ2) is 6.24. The predicted molar refractivity (Wildman–Crippen MR) is 72.1 cm³/mol. The SMILES string of the molecule is O=C(O)C(O)SC(=S)c1ccc(CS)cc1. The molecule has 86 valence electrons. The van der Waals surface area contributed by atoms with Crippen LogP contribution in [0.3, 0.4) is 0 Å². The first-order valence-electron chi connectivity index (χ1n) is 4.36. The fourth-order valence-electron chi connectivity index (χ4n) is 0.966. The molecule has 1 aromatic carbocycles. The second-order valence-electron chi connectivity index (χ2n) is 2.95. The van der Waals surface area contributed by atoms with Gasteiger partial charge in [-0.25, -0.2) is 4.79 Å². The molecular formula is C10H10O3S3. The number of carboxylic acid groups (broad SMARTS) is 1. The first-order valence-corrected chi connectivity index (χ1v) is 6.28. The summed E-state index contributed by atoms with van der Waals surface area (Å²) in [6, 6.07) is 7.30. The Balaban J connectivity index is 2.69. The van der Waals surface area contributed by atoms with Gasteiger partial charge in [0.25, 0.3) is 0 Å². The molecule has 0 aliphatic carbocycles. The van der Waals surface area contributed by atoms with Crippen LogP contribution in [0.25, 0.3) is 0 Å². The summed E-state index contributed by atoms with van der Waals surface area (Å²) in [7, 11) is 0. The van der Waals surface area contributed by atoms with Gasteiger partial charge in [-0.05, 0) is 11.1 Å². The summed E-state index contributed by atoms with van der Waals surface area (Å²) in [5.74, 6) is -0.655. The van der Waals surface area contributed by atoms with Crippen molar-refractivity contribution in [2.24, 2.45) is 0 Å². The van der Waals surface area contributed by atoms with E-state index < -0.39 is 11.4 Å². The zero-order valence-electron chi connectivity index (χ0n) is 8.16. The lowest BCUT2D eigenvalue weighted by Crippen LogP contribution is -2.17. The summed E-state index contributed by atoms with van der Waals surface area (Å²) in [4.78, 5) is 10.4. The zero-order valence-corrected chi connectivity index (χ0v) is 10.7. The van der Waals surface area contributed by atoms with Crippen LogP contribution in [0.1, 0.15) is 11.1 Å². The Hall–Kier alpha value is -0.560. The molecule has 6 heteroatoms. The number of thioether (sulfide) groups is 1. The number of aliphatic hydroxyl groups is 1. The summed E-state index contributed by atoms with van der Waals surface area (Å²) in [6.07, 6.45) is 0. The number of aliphatic carboxylic acids is 1. The van der Waals surface area contributed by atoms with Gasteiger partial charge in [0.15, 0.2) is 0 Å². The molecule has 2 N–H and O–H groups in total. The molecule has 0 amide bonds. The number of aliphatic hydroxyl groups excluding tert-OH is 1. The molecule has 0 saturated heterocycles. The van der Waals surface area contributed by atoms with E-state index in [-0.39, 0.29) is 0 Å². The highest BCUT2D eigenvalue weighted by atomic mass is 32.2. The van der Waals surface area contributed by atoms with Crippen LogP contribution in [0.15, 0.2) is 24.3 Å². The Morgan fingerprint density at radius 1 is 1.44 bits per heavy atom. The number of thiocarbonyl (C=S) groups is 1. The van der Waals surface area contributed by atoms with Crippen molar-refractivity contribution in [1.29, 1.82) is 0 Å². The van der Waals surface area contributed by atoms with Crippen molar-refractivity contribution in [1.82, 2.24) is 0 Å². The molecule has 0 aromatic heterocycles. The van der Waals surface area contributed by atoms with E-state index in [1.54, 1.807) is 12.1 Å². The highest BCUT2D eigenvalue weighted by Crippen LogP contribution is 2.19. The van der Waals surface area contributed by atoms with Crippen LogP contribution < -0.4 is 0 Å². The molecule has 0 radical (unpaired) electrons. The van der Waals surface area contributed by atoms with Crippen LogP contribution in [0.4, 0.5) is 0 Å². The van der Waals surface area contributed by atoms with Crippen LogP contribution in [0.2, 0.25) is 0 Å². The van der Waals surface area contributed by atoms with Crippen LogP contribution in [0.5, 0.6) is 0 Å². The number of benzene rings is 1. The minimum Gasteiger partial charge on any atom is -0.479 e. The molecule has 0 fully saturated rings. The van der Waals surface area contributed by atoms with Crippen molar-refractivity contribution in [2.45, 2.75) is 11.2 Å². The van der Waals surface area contributed by atoms with Gasteiger partial charge in [0.2, 0.25) is 5.44 Å². The number of rotatable bonds is 4. The Labute approximate surface area is 108 Å². The van der Waals surface area contributed by atoms with Crippen molar-refractivity contribution in [3.8, 4) is 0 Å². The summed E-state index contributed by atoms with van der Waals surface area (Å²) in [5, 5.41) is 17.6. The summed E-state index contributed by atoms with van der Waals surface area (Å²) in [6.45, 7) is 0. The molecule has 0 aliphatic rings. The normalized spacial score (nSPS) is 12.1. The number of hydrogen-bond donors (Lipinski definition) is 3. The quantitative estimate of drug-likeness (QED) is 0.445. The lowest BCUT2D eigenvalue weighted by atomic mass is 10.2. The summed E-state index contributed by atoms with van der Waals surface area (Å²) in [5.41, 5.74) is 0.265. The van der Waals surface area contributed by atoms with Crippen LogP contribution in [0, 0.1) is 0 Å². The minimum atomic E-state index is -1.52. The van der Waals surface area contributed by atoms with Gasteiger partial charge in [0.05, 0.1) is 4.20 Å². The van der Waals surface area contributed by atoms with E-state index in [0.717, 1.165) is 22.9 Å². The third kappa shape index (κ3) is 3.79. The average molecular weight is 274 g/mol. The van der Waals surface area contributed by atoms with Gasteiger partial charge in [-0.2, -0.15) is 12.6 Å². The molecule has 1 rings (SSSR count). The van der Waals surface area contributed by atoms with Crippen LogP contribution >= 0.6 is 36.6 Å². The zero-order chi connectivity index (χ0) is 12.1. The van der Waals surface area contributed by atoms with Gasteiger partial charge in [-0.1, -0.05) is 48.2 Å². The average Bonchev–Trinajstić information content (AvgIpc) is 2.28. The monoisotopic (exact) mass is 274 g/mol. The van der Waals surface area contributed by atoms with E-state index >= 15 is 0 Å². The van der Waals surface area contributed by atoms with Crippen LogP contribution in [-0.4, -0.2) is 25.8 Å². The van der Waals surface area contributed by atoms with Crippen molar-refractivity contribution < 1.29 is 15.0 Å². The lowest BCUT2D eigenvalue weighted by molar-refractivity contribution is -0.141. The molecule has 0 bridgehead atoms. The van der Waals surface area contributed by atoms with Crippen molar-refractivity contribution >= 4 is 46.8 Å². The number of thiol groups is 1. The maximum Gasteiger partial charge on any atom is 0.343 e.